The number of benzene rings is 16. The molecule has 0 amide bonds. The van der Waals surface area contributed by atoms with Gasteiger partial charge in [0, 0.05) is 98.2 Å². The van der Waals surface area contributed by atoms with Gasteiger partial charge in [-0.05, 0) is 119 Å². The van der Waals surface area contributed by atoms with Crippen LogP contribution >= 0.6 is 0 Å². The van der Waals surface area contributed by atoms with Gasteiger partial charge in [0.15, 0.2) is 34.9 Å². The Bertz CT molecular complexity index is 8170. The van der Waals surface area contributed by atoms with Crippen molar-refractivity contribution in [3.8, 4) is 102 Å². The van der Waals surface area contributed by atoms with Crippen molar-refractivity contribution < 1.29 is 13.2 Å². The summed E-state index contributed by atoms with van der Waals surface area (Å²) in [5.41, 5.74) is 27.2. The molecule has 0 fully saturated rings. The van der Waals surface area contributed by atoms with Crippen molar-refractivity contribution in [1.82, 2.24) is 43.4 Å². The lowest BCUT2D eigenvalue weighted by molar-refractivity contribution is 0.630. The third kappa shape index (κ3) is 9.76. The number of furan rings is 2. The van der Waals surface area contributed by atoms with Gasteiger partial charge in [0.2, 0.25) is 0 Å². The van der Waals surface area contributed by atoms with Crippen molar-refractivity contribution in [1.29, 1.82) is 0 Å². The number of nitrogens with zero attached hydrogens (tertiary/aromatic N) is 9. The summed E-state index contributed by atoms with van der Waals surface area (Å²) in [4.78, 5) is 29.8. The van der Waals surface area contributed by atoms with Gasteiger partial charge in [0.25, 0.3) is 0 Å². The summed E-state index contributed by atoms with van der Waals surface area (Å²) < 4.78 is 34.4. The van der Waals surface area contributed by atoms with Crippen LogP contribution in [-0.4, -0.2) is 43.4 Å². The lowest BCUT2D eigenvalue weighted by atomic mass is 9.93. The maximum atomic E-state index is 14.6. The summed E-state index contributed by atoms with van der Waals surface area (Å²) in [6.07, 6.45) is 1.04. The minimum absolute atomic E-state index is 0.289. The van der Waals surface area contributed by atoms with E-state index in [0.29, 0.717) is 34.7 Å². The van der Waals surface area contributed by atoms with Gasteiger partial charge < -0.3 is 22.4 Å². The Kier molecular flexibility index (Phi) is 14.1. The Morgan fingerprint density at radius 1 is 0.235 bits per heavy atom. The summed E-state index contributed by atoms with van der Waals surface area (Å²) in [5, 5.41) is 14.0. The smallest absolute Gasteiger partial charge is 0.167 e. The summed E-state index contributed by atoms with van der Waals surface area (Å²) >= 11 is 0. The Morgan fingerprint density at radius 3 is 1.30 bits per heavy atom. The Morgan fingerprint density at radius 2 is 0.635 bits per heavy atom. The third-order valence-electron chi connectivity index (χ3n) is 23.3. The molecule has 0 radical (unpaired) electrons. The molecule has 1 aliphatic heterocycles. The largest absolute Gasteiger partial charge is 0.456 e. The molecular formula is C103H60FN9O2. The first-order valence-corrected chi connectivity index (χ1v) is 38.6. The van der Waals surface area contributed by atoms with E-state index in [0.717, 1.165) is 94.8 Å². The van der Waals surface area contributed by atoms with Gasteiger partial charge >= 0.3 is 0 Å². The molecule has 536 valence electrons. The van der Waals surface area contributed by atoms with Gasteiger partial charge in [0.1, 0.15) is 28.1 Å². The van der Waals surface area contributed by atoms with Crippen LogP contribution in [-0.2, 0) is 6.42 Å². The lowest BCUT2D eigenvalue weighted by Gasteiger charge is -2.15. The van der Waals surface area contributed by atoms with E-state index in [9.17, 15) is 4.39 Å². The topological polar surface area (TPSA) is 118 Å². The monoisotopic (exact) mass is 1470 g/mol. The first kappa shape index (κ1) is 64.3. The minimum Gasteiger partial charge on any atom is -0.456 e. The van der Waals surface area contributed by atoms with E-state index in [1.807, 2.05) is 121 Å². The average molecular weight is 1470 g/mol. The summed E-state index contributed by atoms with van der Waals surface area (Å²) in [7, 11) is 0. The standard InChI is InChI=1S/C51H29N5O.C27H16FN3O.C25H15N/c1-2-14-30(15-3-1)49-52-50(54-51(53-49)37-22-12-29-44-45(37)36-18-6-9-28-43(36)57-44)35-17-5-8-24-39(35)55-40-25-11-19-32-34-21-10-20-33-31-16-4-7-23-38(31)56(48(33)34)42-27-13-26-41(55)47(42)46(32)40;28-21-14-6-4-11-18(21)26-29-25(17-9-2-1-3-10-17)30-27(31-26)20-13-8-16-23-24(20)19-12-5-7-15-22(19)32-23;1-2-12-21-17(8-1)19-10-5-11-20-18-9-3-6-15-14-16-7-4-13-22(24(16)23(15)18)26(21)25(19)20/h1-29H;1-16H;1-13H,14H2. The molecule has 11 nitrogen and oxygen atoms in total. The Balaban J connectivity index is 0.000000110. The van der Waals surface area contributed by atoms with Gasteiger partial charge in [-0.2, -0.15) is 0 Å². The second-order valence-electron chi connectivity index (χ2n) is 29.5. The molecule has 8 aromatic heterocycles. The first-order chi connectivity index (χ1) is 57.0. The van der Waals surface area contributed by atoms with Gasteiger partial charge in [-0.1, -0.05) is 267 Å². The van der Waals surface area contributed by atoms with Crippen molar-refractivity contribution >= 4 is 126 Å². The zero-order valence-electron chi connectivity index (χ0n) is 61.4. The highest BCUT2D eigenvalue weighted by molar-refractivity contribution is 6.31. The SMILES string of the molecule is Fc1ccccc1-c1nc(-c2ccccc2)nc(-c2cccc3oc4ccccc4c23)n1.c1cc2c3c(c1)-c1cccc4c5ccccc5n(c14)-c1cccc(c1-3)C2.c1ccc(-c2nc(-c3ccccc3-n3c4cccc5c6cccc7c8ccccc8n(c8cccc3c8c54)c67)nc(-c3cccc4oc5ccccc5c34)n2)cc1. The van der Waals surface area contributed by atoms with Crippen LogP contribution in [0.25, 0.3) is 228 Å². The van der Waals surface area contributed by atoms with Crippen molar-refractivity contribution in [3.05, 3.63) is 369 Å². The second kappa shape index (κ2) is 25.3. The van der Waals surface area contributed by atoms with Crippen molar-refractivity contribution in [3.63, 3.8) is 0 Å². The van der Waals surface area contributed by atoms with E-state index in [1.54, 1.807) is 18.2 Å². The number of fused-ring (bicyclic) bond motifs is 16. The number of para-hydroxylation sites is 7. The van der Waals surface area contributed by atoms with Crippen molar-refractivity contribution in [2.45, 2.75) is 6.42 Å². The van der Waals surface area contributed by atoms with E-state index in [-0.39, 0.29) is 11.6 Å². The second-order valence-corrected chi connectivity index (χ2v) is 29.5. The number of hydrogen-bond donors (Lipinski definition) is 0. The minimum atomic E-state index is -0.379. The highest BCUT2D eigenvalue weighted by Crippen LogP contribution is 2.53. The van der Waals surface area contributed by atoms with Crippen LogP contribution in [0.3, 0.4) is 0 Å². The summed E-state index contributed by atoms with van der Waals surface area (Å²) in [6.45, 7) is 0. The van der Waals surface area contributed by atoms with Crippen LogP contribution in [0.1, 0.15) is 11.1 Å². The van der Waals surface area contributed by atoms with Crippen LogP contribution in [0.2, 0.25) is 0 Å². The summed E-state index contributed by atoms with van der Waals surface area (Å²) in [6, 6.07) is 121. The van der Waals surface area contributed by atoms with Crippen LogP contribution in [0.5, 0.6) is 0 Å². The number of aromatic nitrogens is 9. The fourth-order valence-electron chi connectivity index (χ4n) is 18.5. The molecule has 24 aromatic rings. The molecule has 0 atom stereocenters. The molecule has 9 heterocycles. The quantitative estimate of drug-likeness (QED) is 0.155. The average Bonchev–Trinajstić information content (AvgIpc) is 1.53. The predicted octanol–water partition coefficient (Wildman–Crippen LogP) is 26.3. The molecule has 26 rings (SSSR count). The predicted molar refractivity (Wildman–Crippen MR) is 464 cm³/mol. The van der Waals surface area contributed by atoms with Gasteiger partial charge in [-0.3, -0.25) is 0 Å². The number of halogens is 1. The van der Waals surface area contributed by atoms with E-state index in [4.69, 9.17) is 33.8 Å². The zero-order valence-corrected chi connectivity index (χ0v) is 61.4. The fourth-order valence-corrected chi connectivity index (χ4v) is 18.5. The normalized spacial score (nSPS) is 12.2. The van der Waals surface area contributed by atoms with E-state index in [2.05, 4.69) is 225 Å². The molecule has 0 saturated carbocycles. The molecule has 0 unspecified atom stereocenters. The van der Waals surface area contributed by atoms with E-state index >= 15 is 0 Å². The molecule has 2 aliphatic rings. The fraction of sp³-hybridized carbons (Fsp3) is 0.00971. The molecule has 12 heteroatoms. The Labute approximate surface area is 655 Å². The Hall–Kier alpha value is -15.5. The number of hydrogen-bond acceptors (Lipinski definition) is 8. The molecule has 1 aliphatic carbocycles. The van der Waals surface area contributed by atoms with E-state index in [1.165, 1.54) is 116 Å². The molecule has 115 heavy (non-hydrogen) atoms. The molecule has 0 spiro atoms. The highest BCUT2D eigenvalue weighted by Gasteiger charge is 2.32. The lowest BCUT2D eigenvalue weighted by Crippen LogP contribution is -2.03. The zero-order chi connectivity index (χ0) is 75.5. The summed E-state index contributed by atoms with van der Waals surface area (Å²) in [5.74, 6) is 2.65. The van der Waals surface area contributed by atoms with Crippen molar-refractivity contribution in [2.24, 2.45) is 0 Å². The molecule has 16 aromatic carbocycles. The van der Waals surface area contributed by atoms with Gasteiger partial charge in [-0.25, -0.2) is 34.3 Å². The van der Waals surface area contributed by atoms with E-state index < -0.39 is 0 Å². The molecule has 0 saturated heterocycles. The third-order valence-corrected chi connectivity index (χ3v) is 23.3. The molecular weight excluding hydrogens is 1410 g/mol. The van der Waals surface area contributed by atoms with Gasteiger partial charge in [0.05, 0.1) is 55.6 Å². The highest BCUT2D eigenvalue weighted by atomic mass is 19.1. The van der Waals surface area contributed by atoms with Crippen LogP contribution < -0.4 is 0 Å². The van der Waals surface area contributed by atoms with Crippen LogP contribution in [0.4, 0.5) is 4.39 Å². The van der Waals surface area contributed by atoms with Crippen LogP contribution in [0.15, 0.2) is 361 Å². The molecule has 0 N–H and O–H groups in total. The maximum absolute atomic E-state index is 14.6. The number of rotatable bonds is 7. The first-order valence-electron chi connectivity index (χ1n) is 38.6. The maximum Gasteiger partial charge on any atom is 0.167 e. The van der Waals surface area contributed by atoms with Crippen LogP contribution in [0, 0.1) is 5.82 Å². The van der Waals surface area contributed by atoms with Gasteiger partial charge in [-0.15, -0.1) is 0 Å². The van der Waals surface area contributed by atoms with Crippen molar-refractivity contribution in [2.75, 3.05) is 0 Å². The molecule has 0 bridgehead atoms.